The van der Waals surface area contributed by atoms with Crippen LogP contribution >= 0.6 is 0 Å². The first-order chi connectivity index (χ1) is 8.86. The van der Waals surface area contributed by atoms with Crippen molar-refractivity contribution in [3.8, 4) is 5.75 Å². The Balaban J connectivity index is 2.13. The summed E-state index contributed by atoms with van der Waals surface area (Å²) in [5.74, 6) is 0.885. The number of benzene rings is 1. The molecule has 0 amide bonds. The minimum absolute atomic E-state index is 0.565. The normalized spacial score (nSPS) is 10.6. The van der Waals surface area contributed by atoms with Gasteiger partial charge in [0, 0.05) is 13.2 Å². The third-order valence-electron chi connectivity index (χ3n) is 2.35. The molecule has 0 aromatic heterocycles. The van der Waals surface area contributed by atoms with Gasteiger partial charge in [0.2, 0.25) is 0 Å². The van der Waals surface area contributed by atoms with Crippen molar-refractivity contribution in [2.45, 2.75) is 13.5 Å². The van der Waals surface area contributed by atoms with Gasteiger partial charge in [0.05, 0.1) is 19.8 Å². The van der Waals surface area contributed by atoms with Crippen LogP contribution in [0.25, 0.3) is 0 Å². The molecule has 1 N–H and O–H groups in total. The van der Waals surface area contributed by atoms with Crippen molar-refractivity contribution in [3.63, 3.8) is 0 Å². The molecule has 0 saturated heterocycles. The summed E-state index contributed by atoms with van der Waals surface area (Å²) >= 11 is 0. The predicted molar refractivity (Wildman–Crippen MR) is 72.0 cm³/mol. The first-order valence-corrected chi connectivity index (χ1v) is 6.38. The van der Waals surface area contributed by atoms with Gasteiger partial charge in [-0.1, -0.05) is 12.1 Å². The second-order valence-corrected chi connectivity index (χ2v) is 3.84. The fraction of sp³-hybridized carbons (Fsp3) is 0.571. The highest BCUT2D eigenvalue weighted by molar-refractivity contribution is 5.28. The summed E-state index contributed by atoms with van der Waals surface area (Å²) in [7, 11) is 1.93. The van der Waals surface area contributed by atoms with E-state index in [2.05, 4.69) is 11.4 Å². The van der Waals surface area contributed by atoms with E-state index < -0.39 is 0 Å². The molecule has 1 aromatic carbocycles. The molecular formula is C14H23NO3. The Kier molecular flexibility index (Phi) is 8.21. The summed E-state index contributed by atoms with van der Waals surface area (Å²) in [4.78, 5) is 0. The molecule has 0 aliphatic carbocycles. The summed E-state index contributed by atoms with van der Waals surface area (Å²) in [6, 6.07) is 8.07. The van der Waals surface area contributed by atoms with Crippen molar-refractivity contribution in [2.24, 2.45) is 0 Å². The summed E-state index contributed by atoms with van der Waals surface area (Å²) in [5.41, 5.74) is 1.22. The zero-order chi connectivity index (χ0) is 13.1. The molecule has 0 aliphatic rings. The third kappa shape index (κ3) is 6.59. The van der Waals surface area contributed by atoms with Crippen molar-refractivity contribution < 1.29 is 14.2 Å². The Morgan fingerprint density at radius 2 is 1.83 bits per heavy atom. The maximum Gasteiger partial charge on any atom is 0.119 e. The van der Waals surface area contributed by atoms with Crippen LogP contribution in [0.15, 0.2) is 24.3 Å². The molecule has 0 atom stereocenters. The van der Waals surface area contributed by atoms with E-state index in [-0.39, 0.29) is 0 Å². The topological polar surface area (TPSA) is 39.7 Å². The van der Waals surface area contributed by atoms with Gasteiger partial charge in [-0.25, -0.2) is 0 Å². The SMILES string of the molecule is CCOCCOCCOc1cccc(CNC)c1. The number of hydrogen-bond donors (Lipinski definition) is 1. The standard InChI is InChI=1S/C14H23NO3/c1-3-16-7-8-17-9-10-18-14-6-4-5-13(11-14)12-15-2/h4-6,11,15H,3,7-10,12H2,1-2H3. The number of hydrogen-bond acceptors (Lipinski definition) is 4. The lowest BCUT2D eigenvalue weighted by Crippen LogP contribution is -2.11. The van der Waals surface area contributed by atoms with Gasteiger partial charge in [0.1, 0.15) is 12.4 Å². The lowest BCUT2D eigenvalue weighted by atomic mass is 10.2. The van der Waals surface area contributed by atoms with E-state index >= 15 is 0 Å². The Morgan fingerprint density at radius 3 is 2.61 bits per heavy atom. The summed E-state index contributed by atoms with van der Waals surface area (Å²) in [6.07, 6.45) is 0. The van der Waals surface area contributed by atoms with Gasteiger partial charge < -0.3 is 19.5 Å². The highest BCUT2D eigenvalue weighted by Crippen LogP contribution is 2.12. The van der Waals surface area contributed by atoms with Crippen LogP contribution in [0, 0.1) is 0 Å². The molecule has 4 nitrogen and oxygen atoms in total. The molecule has 18 heavy (non-hydrogen) atoms. The summed E-state index contributed by atoms with van der Waals surface area (Å²) in [5, 5.41) is 3.11. The van der Waals surface area contributed by atoms with E-state index in [0.717, 1.165) is 18.9 Å². The zero-order valence-electron chi connectivity index (χ0n) is 11.3. The van der Waals surface area contributed by atoms with Gasteiger partial charge in [-0.2, -0.15) is 0 Å². The second-order valence-electron chi connectivity index (χ2n) is 3.84. The maximum absolute atomic E-state index is 5.61. The van der Waals surface area contributed by atoms with Crippen molar-refractivity contribution >= 4 is 0 Å². The summed E-state index contributed by atoms with van der Waals surface area (Å²) in [6.45, 7) is 5.98. The minimum Gasteiger partial charge on any atom is -0.491 e. The van der Waals surface area contributed by atoms with E-state index in [1.807, 2.05) is 32.2 Å². The molecule has 1 aromatic rings. The Labute approximate surface area is 109 Å². The zero-order valence-corrected chi connectivity index (χ0v) is 11.3. The van der Waals surface area contributed by atoms with Crippen LogP contribution in [-0.2, 0) is 16.0 Å². The number of nitrogens with one attached hydrogen (secondary N) is 1. The van der Waals surface area contributed by atoms with E-state index in [9.17, 15) is 0 Å². The molecule has 0 heterocycles. The molecule has 0 unspecified atom stereocenters. The maximum atomic E-state index is 5.61. The highest BCUT2D eigenvalue weighted by atomic mass is 16.5. The number of rotatable bonds is 10. The lowest BCUT2D eigenvalue weighted by molar-refractivity contribution is 0.0405. The van der Waals surface area contributed by atoms with Crippen LogP contribution < -0.4 is 10.1 Å². The minimum atomic E-state index is 0.565. The van der Waals surface area contributed by atoms with Crippen LogP contribution in [0.5, 0.6) is 5.75 Å². The monoisotopic (exact) mass is 253 g/mol. The largest absolute Gasteiger partial charge is 0.491 e. The fourth-order valence-corrected chi connectivity index (χ4v) is 1.53. The summed E-state index contributed by atoms with van der Waals surface area (Å²) < 4.78 is 16.1. The van der Waals surface area contributed by atoms with E-state index in [1.54, 1.807) is 0 Å². The highest BCUT2D eigenvalue weighted by Gasteiger charge is 1.96. The van der Waals surface area contributed by atoms with Gasteiger partial charge in [0.15, 0.2) is 0 Å². The van der Waals surface area contributed by atoms with Crippen LogP contribution in [0.1, 0.15) is 12.5 Å². The molecule has 4 heteroatoms. The van der Waals surface area contributed by atoms with Crippen LogP contribution in [-0.4, -0.2) is 40.1 Å². The van der Waals surface area contributed by atoms with Gasteiger partial charge in [0.25, 0.3) is 0 Å². The molecule has 0 radical (unpaired) electrons. The predicted octanol–water partition coefficient (Wildman–Crippen LogP) is 1.84. The van der Waals surface area contributed by atoms with E-state index in [0.29, 0.717) is 26.4 Å². The molecule has 102 valence electrons. The third-order valence-corrected chi connectivity index (χ3v) is 2.35. The molecule has 0 saturated carbocycles. The fourth-order valence-electron chi connectivity index (χ4n) is 1.53. The van der Waals surface area contributed by atoms with Gasteiger partial charge >= 0.3 is 0 Å². The van der Waals surface area contributed by atoms with Crippen LogP contribution in [0.3, 0.4) is 0 Å². The van der Waals surface area contributed by atoms with E-state index in [4.69, 9.17) is 14.2 Å². The van der Waals surface area contributed by atoms with Gasteiger partial charge in [-0.05, 0) is 31.7 Å². The molecule has 0 aliphatic heterocycles. The van der Waals surface area contributed by atoms with Gasteiger partial charge in [-0.3, -0.25) is 0 Å². The quantitative estimate of drug-likeness (QED) is 0.646. The Morgan fingerprint density at radius 1 is 1.06 bits per heavy atom. The molecule has 0 bridgehead atoms. The molecule has 0 fully saturated rings. The Hall–Kier alpha value is -1.10. The Bertz CT molecular complexity index is 318. The van der Waals surface area contributed by atoms with Gasteiger partial charge in [-0.15, -0.1) is 0 Å². The molecule has 1 rings (SSSR count). The first-order valence-electron chi connectivity index (χ1n) is 6.38. The van der Waals surface area contributed by atoms with Crippen LogP contribution in [0.4, 0.5) is 0 Å². The van der Waals surface area contributed by atoms with E-state index in [1.165, 1.54) is 5.56 Å². The van der Waals surface area contributed by atoms with Crippen LogP contribution in [0.2, 0.25) is 0 Å². The second kappa shape index (κ2) is 9.88. The average Bonchev–Trinajstić information content (AvgIpc) is 2.39. The smallest absolute Gasteiger partial charge is 0.119 e. The molecule has 0 spiro atoms. The average molecular weight is 253 g/mol. The lowest BCUT2D eigenvalue weighted by Gasteiger charge is -2.08. The van der Waals surface area contributed by atoms with Crippen molar-refractivity contribution in [1.29, 1.82) is 0 Å². The molecular weight excluding hydrogens is 230 g/mol. The van der Waals surface area contributed by atoms with Crippen molar-refractivity contribution in [2.75, 3.05) is 40.1 Å². The van der Waals surface area contributed by atoms with Crippen molar-refractivity contribution in [3.05, 3.63) is 29.8 Å². The van der Waals surface area contributed by atoms with Crippen molar-refractivity contribution in [1.82, 2.24) is 5.32 Å². The number of ether oxygens (including phenoxy) is 3. The first kappa shape index (κ1) is 15.0.